The van der Waals surface area contributed by atoms with Gasteiger partial charge >= 0.3 is 5.63 Å². The van der Waals surface area contributed by atoms with Crippen LogP contribution in [0.2, 0.25) is 0 Å². The number of carbonyl (C=O) groups excluding carboxylic acids is 1. The number of pyridine rings is 1. The number of para-hydroxylation sites is 1. The van der Waals surface area contributed by atoms with E-state index < -0.39 is 11.5 Å². The molecule has 0 bridgehead atoms. The predicted molar refractivity (Wildman–Crippen MR) is 130 cm³/mol. The van der Waals surface area contributed by atoms with Gasteiger partial charge < -0.3 is 14.5 Å². The van der Waals surface area contributed by atoms with Gasteiger partial charge in [0.25, 0.3) is 11.5 Å². The number of hydrogen-bond donors (Lipinski definition) is 1. The fraction of sp³-hybridized carbons (Fsp3) is 0.115. The van der Waals surface area contributed by atoms with Gasteiger partial charge in [-0.3, -0.25) is 14.6 Å². The van der Waals surface area contributed by atoms with Gasteiger partial charge in [-0.05, 0) is 30.3 Å². The molecule has 0 unspecified atom stereocenters. The van der Waals surface area contributed by atoms with E-state index in [9.17, 15) is 14.4 Å². The van der Waals surface area contributed by atoms with Crippen LogP contribution in [0.4, 0.5) is 0 Å². The van der Waals surface area contributed by atoms with E-state index >= 15 is 0 Å². The number of ether oxygens (including phenoxy) is 1. The minimum Gasteiger partial charge on any atom is -0.493 e. The van der Waals surface area contributed by atoms with Crippen molar-refractivity contribution in [3.05, 3.63) is 111 Å². The van der Waals surface area contributed by atoms with E-state index in [0.717, 1.165) is 0 Å². The van der Waals surface area contributed by atoms with E-state index in [4.69, 9.17) is 9.15 Å². The molecule has 0 spiro atoms. The molecular formula is C26H20N4O5. The molecule has 9 heteroatoms. The second kappa shape index (κ2) is 9.22. The quantitative estimate of drug-likeness (QED) is 0.381. The monoisotopic (exact) mass is 468 g/mol. The van der Waals surface area contributed by atoms with Crippen LogP contribution in [0.1, 0.15) is 21.7 Å². The Morgan fingerprint density at radius 3 is 2.60 bits per heavy atom. The molecule has 3 aromatic heterocycles. The summed E-state index contributed by atoms with van der Waals surface area (Å²) in [6.45, 7) is 0.180. The van der Waals surface area contributed by atoms with Crippen LogP contribution in [0.25, 0.3) is 21.7 Å². The van der Waals surface area contributed by atoms with Crippen molar-refractivity contribution in [2.75, 3.05) is 7.11 Å². The summed E-state index contributed by atoms with van der Waals surface area (Å²) < 4.78 is 11.9. The van der Waals surface area contributed by atoms with Gasteiger partial charge in [-0.1, -0.05) is 36.4 Å². The molecule has 5 rings (SSSR count). The van der Waals surface area contributed by atoms with E-state index in [1.165, 1.54) is 17.9 Å². The van der Waals surface area contributed by atoms with Crippen molar-refractivity contribution < 1.29 is 13.9 Å². The number of benzene rings is 2. The van der Waals surface area contributed by atoms with Gasteiger partial charge in [-0.25, -0.2) is 9.48 Å². The van der Waals surface area contributed by atoms with Crippen molar-refractivity contribution in [1.82, 2.24) is 20.1 Å². The van der Waals surface area contributed by atoms with Gasteiger partial charge in [-0.2, -0.15) is 5.10 Å². The minimum absolute atomic E-state index is 0.00255. The number of nitrogens with one attached hydrogen (secondary N) is 1. The molecule has 0 aliphatic carbocycles. The first-order valence-electron chi connectivity index (χ1n) is 10.8. The van der Waals surface area contributed by atoms with Gasteiger partial charge in [-0.15, -0.1) is 0 Å². The highest BCUT2D eigenvalue weighted by molar-refractivity contribution is 5.97. The molecule has 2 aromatic carbocycles. The molecule has 174 valence electrons. The molecule has 35 heavy (non-hydrogen) atoms. The van der Waals surface area contributed by atoms with Crippen molar-refractivity contribution in [3.8, 4) is 5.75 Å². The number of aromatic nitrogens is 3. The highest BCUT2D eigenvalue weighted by Crippen LogP contribution is 2.24. The van der Waals surface area contributed by atoms with E-state index in [0.29, 0.717) is 33.3 Å². The Bertz CT molecular complexity index is 1680. The van der Waals surface area contributed by atoms with Crippen LogP contribution < -0.4 is 21.2 Å². The topological polar surface area (TPSA) is 116 Å². The van der Waals surface area contributed by atoms with Gasteiger partial charge in [0, 0.05) is 17.0 Å². The van der Waals surface area contributed by atoms with Crippen LogP contribution in [-0.4, -0.2) is 27.8 Å². The van der Waals surface area contributed by atoms with E-state index in [1.54, 1.807) is 60.8 Å². The van der Waals surface area contributed by atoms with Crippen LogP contribution in [0.15, 0.2) is 86.9 Å². The lowest BCUT2D eigenvalue weighted by Gasteiger charge is -2.12. The third-order valence-electron chi connectivity index (χ3n) is 5.59. The summed E-state index contributed by atoms with van der Waals surface area (Å²) in [5.74, 6) is -0.214. The summed E-state index contributed by atoms with van der Waals surface area (Å²) in [7, 11) is 1.47. The fourth-order valence-corrected chi connectivity index (χ4v) is 3.88. The van der Waals surface area contributed by atoms with Gasteiger partial charge in [0.2, 0.25) is 0 Å². The standard InChI is InChI=1S/C26H20N4O5/c1-34-22-11-6-7-16-13-20(26(33)35-23(16)22)24(31)28-14-21-18-9-2-3-10-19(18)25(32)30(29-21)15-17-8-4-5-12-27-17/h2-13H,14-15H2,1H3,(H,28,31). The Labute approximate surface area is 198 Å². The van der Waals surface area contributed by atoms with Crippen LogP contribution in [0.5, 0.6) is 5.75 Å². The lowest BCUT2D eigenvalue weighted by atomic mass is 10.1. The number of nitrogens with zero attached hydrogens (tertiary/aromatic N) is 3. The molecule has 3 heterocycles. The SMILES string of the molecule is COc1cccc2cc(C(=O)NCc3nn(Cc4ccccn4)c(=O)c4ccccc34)c(=O)oc12. The average Bonchev–Trinajstić information content (AvgIpc) is 2.89. The van der Waals surface area contributed by atoms with Gasteiger partial charge in [0.1, 0.15) is 5.56 Å². The maximum atomic E-state index is 13.0. The van der Waals surface area contributed by atoms with Crippen molar-refractivity contribution in [1.29, 1.82) is 0 Å². The van der Waals surface area contributed by atoms with Gasteiger partial charge in [0.15, 0.2) is 11.3 Å². The number of rotatable bonds is 6. The maximum Gasteiger partial charge on any atom is 0.349 e. The summed E-state index contributed by atoms with van der Waals surface area (Å²) in [4.78, 5) is 42.7. The molecule has 5 aromatic rings. The van der Waals surface area contributed by atoms with Crippen molar-refractivity contribution in [2.45, 2.75) is 13.1 Å². The maximum absolute atomic E-state index is 13.0. The zero-order chi connectivity index (χ0) is 24.4. The lowest BCUT2D eigenvalue weighted by molar-refractivity contribution is 0.0947. The summed E-state index contributed by atoms with van der Waals surface area (Å²) in [6, 6.07) is 19.1. The lowest BCUT2D eigenvalue weighted by Crippen LogP contribution is -2.31. The summed E-state index contributed by atoms with van der Waals surface area (Å²) in [5.41, 5.74) is 0.249. The Morgan fingerprint density at radius 1 is 1.03 bits per heavy atom. The van der Waals surface area contributed by atoms with E-state index in [-0.39, 0.29) is 29.8 Å². The number of fused-ring (bicyclic) bond motifs is 2. The minimum atomic E-state index is -0.780. The third kappa shape index (κ3) is 4.26. The molecule has 9 nitrogen and oxygen atoms in total. The number of amides is 1. The van der Waals surface area contributed by atoms with E-state index in [1.807, 2.05) is 6.07 Å². The summed E-state index contributed by atoms with van der Waals surface area (Å²) in [5, 5.41) is 8.86. The number of carbonyl (C=O) groups is 1. The van der Waals surface area contributed by atoms with Crippen molar-refractivity contribution in [3.63, 3.8) is 0 Å². The Balaban J connectivity index is 1.47. The smallest absolute Gasteiger partial charge is 0.349 e. The molecule has 0 fully saturated rings. The molecule has 0 aliphatic rings. The molecule has 0 atom stereocenters. The van der Waals surface area contributed by atoms with E-state index in [2.05, 4.69) is 15.4 Å². The van der Waals surface area contributed by atoms with Crippen molar-refractivity contribution >= 4 is 27.6 Å². The summed E-state index contributed by atoms with van der Waals surface area (Å²) >= 11 is 0. The fourth-order valence-electron chi connectivity index (χ4n) is 3.88. The number of hydrogen-bond acceptors (Lipinski definition) is 7. The van der Waals surface area contributed by atoms with Crippen LogP contribution >= 0.6 is 0 Å². The molecule has 0 saturated heterocycles. The first-order valence-corrected chi connectivity index (χ1v) is 10.8. The molecule has 0 aliphatic heterocycles. The zero-order valence-corrected chi connectivity index (χ0v) is 18.7. The van der Waals surface area contributed by atoms with Crippen LogP contribution in [0, 0.1) is 0 Å². The molecule has 0 saturated carbocycles. The molecule has 1 amide bonds. The molecule has 0 radical (unpaired) electrons. The zero-order valence-electron chi connectivity index (χ0n) is 18.7. The van der Waals surface area contributed by atoms with Crippen LogP contribution in [-0.2, 0) is 13.1 Å². The normalized spacial score (nSPS) is 11.0. The van der Waals surface area contributed by atoms with Crippen LogP contribution in [0.3, 0.4) is 0 Å². The largest absolute Gasteiger partial charge is 0.493 e. The second-order valence-electron chi connectivity index (χ2n) is 7.78. The first kappa shape index (κ1) is 22.0. The Hall–Kier alpha value is -4.79. The van der Waals surface area contributed by atoms with Crippen molar-refractivity contribution in [2.24, 2.45) is 0 Å². The predicted octanol–water partition coefficient (Wildman–Crippen LogP) is 2.88. The summed E-state index contributed by atoms with van der Waals surface area (Å²) in [6.07, 6.45) is 1.65. The first-order chi connectivity index (χ1) is 17.0. The Morgan fingerprint density at radius 2 is 1.83 bits per heavy atom. The highest BCUT2D eigenvalue weighted by atomic mass is 16.5. The molecular weight excluding hydrogens is 448 g/mol. The second-order valence-corrected chi connectivity index (χ2v) is 7.78. The number of methoxy groups -OCH3 is 1. The average molecular weight is 468 g/mol. The molecule has 1 N–H and O–H groups in total. The Kier molecular flexibility index (Phi) is 5.80. The highest BCUT2D eigenvalue weighted by Gasteiger charge is 2.17. The van der Waals surface area contributed by atoms with Gasteiger partial charge in [0.05, 0.1) is 37.0 Å². The third-order valence-corrected chi connectivity index (χ3v) is 5.59.